The number of benzene rings is 1. The van der Waals surface area contributed by atoms with Gasteiger partial charge in [-0.25, -0.2) is 9.50 Å². The molecule has 9 nitrogen and oxygen atoms in total. The maximum Gasteiger partial charge on any atom is 0.228 e. The molecule has 1 atom stereocenters. The molecule has 1 aliphatic carbocycles. The van der Waals surface area contributed by atoms with Crippen molar-refractivity contribution in [2.24, 2.45) is 5.92 Å². The van der Waals surface area contributed by atoms with Gasteiger partial charge in [-0.05, 0) is 67.3 Å². The van der Waals surface area contributed by atoms with Crippen LogP contribution < -0.4 is 10.2 Å². The molecule has 0 saturated heterocycles. The summed E-state index contributed by atoms with van der Waals surface area (Å²) >= 11 is 0. The zero-order valence-corrected chi connectivity index (χ0v) is 19.9. The van der Waals surface area contributed by atoms with E-state index in [-0.39, 0.29) is 17.7 Å². The van der Waals surface area contributed by atoms with E-state index in [0.717, 1.165) is 46.8 Å². The van der Waals surface area contributed by atoms with Crippen molar-refractivity contribution in [3.8, 4) is 11.1 Å². The number of nitrogens with zero attached hydrogens (tertiary/aromatic N) is 7. The monoisotopic (exact) mass is 466 g/mol. The second-order valence-corrected chi connectivity index (χ2v) is 9.32. The molecule has 0 spiro atoms. The van der Waals surface area contributed by atoms with Gasteiger partial charge in [0.2, 0.25) is 5.91 Å². The minimum absolute atomic E-state index is 0.0313. The molecular formula is C26H26N8O. The SMILES string of the molecule is CC(c1ccc2nc(NC(=O)C3CC3)cn2n1)c1nnc2ccc(-c3cccc(N(C)C)c3)cn12. The molecule has 0 aliphatic heterocycles. The topological polar surface area (TPSA) is 92.7 Å². The van der Waals surface area contributed by atoms with Gasteiger partial charge in [0.05, 0.1) is 17.8 Å². The number of pyridine rings is 1. The number of fused-ring (bicyclic) bond motifs is 2. The Balaban J connectivity index is 1.32. The molecule has 4 aromatic heterocycles. The summed E-state index contributed by atoms with van der Waals surface area (Å²) in [5.41, 5.74) is 5.66. The van der Waals surface area contributed by atoms with Crippen LogP contribution in [-0.2, 0) is 4.79 Å². The fourth-order valence-corrected chi connectivity index (χ4v) is 4.23. The number of anilines is 2. The van der Waals surface area contributed by atoms with E-state index in [1.165, 1.54) is 0 Å². The lowest BCUT2D eigenvalue weighted by atomic mass is 10.1. The summed E-state index contributed by atoms with van der Waals surface area (Å²) in [5.74, 6) is 1.38. The second-order valence-electron chi connectivity index (χ2n) is 9.32. The average Bonchev–Trinajstić information content (AvgIpc) is 3.52. The predicted octanol–water partition coefficient (Wildman–Crippen LogP) is 4.01. The minimum Gasteiger partial charge on any atom is -0.378 e. The highest BCUT2D eigenvalue weighted by Crippen LogP contribution is 2.30. The van der Waals surface area contributed by atoms with E-state index in [2.05, 4.69) is 68.9 Å². The van der Waals surface area contributed by atoms with Gasteiger partial charge < -0.3 is 10.2 Å². The lowest BCUT2D eigenvalue weighted by molar-refractivity contribution is -0.117. The number of rotatable bonds is 6. The maximum atomic E-state index is 12.1. The predicted molar refractivity (Wildman–Crippen MR) is 135 cm³/mol. The van der Waals surface area contributed by atoms with Gasteiger partial charge in [0.1, 0.15) is 5.82 Å². The van der Waals surface area contributed by atoms with Gasteiger partial charge in [0.25, 0.3) is 0 Å². The largest absolute Gasteiger partial charge is 0.378 e. The molecule has 4 heterocycles. The quantitative estimate of drug-likeness (QED) is 0.407. The minimum atomic E-state index is -0.107. The molecule has 1 aromatic carbocycles. The van der Waals surface area contributed by atoms with Crippen molar-refractivity contribution < 1.29 is 4.79 Å². The Hall–Kier alpha value is -4.27. The normalized spacial score (nSPS) is 14.4. The molecule has 1 unspecified atom stereocenters. The van der Waals surface area contributed by atoms with Crippen LogP contribution in [0, 0.1) is 5.92 Å². The number of imidazole rings is 1. The van der Waals surface area contributed by atoms with Crippen LogP contribution in [0.5, 0.6) is 0 Å². The second kappa shape index (κ2) is 8.19. The van der Waals surface area contributed by atoms with Crippen LogP contribution in [0.15, 0.2) is 60.9 Å². The molecule has 1 fully saturated rings. The van der Waals surface area contributed by atoms with Crippen molar-refractivity contribution in [1.29, 1.82) is 0 Å². The Morgan fingerprint density at radius 3 is 2.66 bits per heavy atom. The molecule has 176 valence electrons. The summed E-state index contributed by atoms with van der Waals surface area (Å²) < 4.78 is 3.74. The van der Waals surface area contributed by atoms with Gasteiger partial charge in [-0.2, -0.15) is 5.10 Å². The van der Waals surface area contributed by atoms with Crippen molar-refractivity contribution in [3.63, 3.8) is 0 Å². The standard InChI is InChI=1S/C26H26N8O/c1-16(21-10-12-23-27-22(15-34(23)31-21)28-26(35)17-7-8-17)25-30-29-24-11-9-19(14-33(24)25)18-5-4-6-20(13-18)32(2)3/h4-6,9-17H,7-8H2,1-3H3,(H,28,35). The molecule has 9 heteroatoms. The molecule has 1 aliphatic rings. The number of aromatic nitrogens is 6. The van der Waals surface area contributed by atoms with Crippen LogP contribution in [0.2, 0.25) is 0 Å². The van der Waals surface area contributed by atoms with Gasteiger partial charge in [-0.3, -0.25) is 9.20 Å². The summed E-state index contributed by atoms with van der Waals surface area (Å²) in [5, 5.41) is 16.5. The van der Waals surface area contributed by atoms with Crippen molar-refractivity contribution >= 4 is 28.7 Å². The van der Waals surface area contributed by atoms with Crippen molar-refractivity contribution in [1.82, 2.24) is 29.2 Å². The molecule has 0 bridgehead atoms. The van der Waals surface area contributed by atoms with E-state index in [1.54, 1.807) is 10.7 Å². The first-order valence-electron chi connectivity index (χ1n) is 11.8. The van der Waals surface area contributed by atoms with Gasteiger partial charge in [0, 0.05) is 31.9 Å². The van der Waals surface area contributed by atoms with E-state index in [9.17, 15) is 4.79 Å². The highest BCUT2D eigenvalue weighted by Gasteiger charge is 2.30. The smallest absolute Gasteiger partial charge is 0.228 e. The lowest BCUT2D eigenvalue weighted by Crippen LogP contribution is -2.13. The third-order valence-electron chi connectivity index (χ3n) is 6.50. The number of carbonyl (C=O) groups excluding carboxylic acids is 1. The van der Waals surface area contributed by atoms with Gasteiger partial charge in [-0.15, -0.1) is 10.2 Å². The maximum absolute atomic E-state index is 12.1. The molecule has 1 N–H and O–H groups in total. The van der Waals surface area contributed by atoms with Crippen LogP contribution in [0.4, 0.5) is 11.5 Å². The number of hydrogen-bond acceptors (Lipinski definition) is 6. The highest BCUT2D eigenvalue weighted by molar-refractivity contribution is 5.93. The third-order valence-corrected chi connectivity index (χ3v) is 6.50. The lowest BCUT2D eigenvalue weighted by Gasteiger charge is -2.14. The average molecular weight is 467 g/mol. The Morgan fingerprint density at radius 2 is 1.86 bits per heavy atom. The van der Waals surface area contributed by atoms with Crippen LogP contribution >= 0.6 is 0 Å². The molecule has 35 heavy (non-hydrogen) atoms. The summed E-state index contributed by atoms with van der Waals surface area (Å²) in [6.07, 6.45) is 5.74. The Bertz CT molecular complexity index is 1560. The van der Waals surface area contributed by atoms with Crippen LogP contribution in [-0.4, -0.2) is 49.2 Å². The van der Waals surface area contributed by atoms with Crippen molar-refractivity contribution in [2.75, 3.05) is 24.3 Å². The Morgan fingerprint density at radius 1 is 1.03 bits per heavy atom. The zero-order chi connectivity index (χ0) is 24.1. The zero-order valence-electron chi connectivity index (χ0n) is 19.9. The first kappa shape index (κ1) is 21.3. The number of hydrogen-bond donors (Lipinski definition) is 1. The Kier molecular flexibility index (Phi) is 4.98. The highest BCUT2D eigenvalue weighted by atomic mass is 16.2. The van der Waals surface area contributed by atoms with Crippen molar-refractivity contribution in [3.05, 3.63) is 72.4 Å². The van der Waals surface area contributed by atoms with Crippen LogP contribution in [0.25, 0.3) is 22.4 Å². The molecule has 1 saturated carbocycles. The van der Waals surface area contributed by atoms with E-state index in [1.807, 2.05) is 36.7 Å². The third kappa shape index (κ3) is 3.99. The first-order chi connectivity index (χ1) is 17.0. The van der Waals surface area contributed by atoms with Gasteiger partial charge >= 0.3 is 0 Å². The Labute approximate surface area is 202 Å². The first-order valence-corrected chi connectivity index (χ1v) is 11.8. The number of carbonyl (C=O) groups is 1. The molecule has 5 aromatic rings. The number of amides is 1. The fraction of sp³-hybridized carbons (Fsp3) is 0.269. The summed E-state index contributed by atoms with van der Waals surface area (Å²) in [6, 6.07) is 16.4. The van der Waals surface area contributed by atoms with Gasteiger partial charge in [0.15, 0.2) is 17.1 Å². The molecule has 0 radical (unpaired) electrons. The van der Waals surface area contributed by atoms with Crippen LogP contribution in [0.3, 0.4) is 0 Å². The van der Waals surface area contributed by atoms with Gasteiger partial charge in [-0.1, -0.05) is 12.1 Å². The molecular weight excluding hydrogens is 440 g/mol. The fourth-order valence-electron chi connectivity index (χ4n) is 4.23. The van der Waals surface area contributed by atoms with Crippen molar-refractivity contribution in [2.45, 2.75) is 25.7 Å². The molecule has 1 amide bonds. The van der Waals surface area contributed by atoms with E-state index >= 15 is 0 Å². The number of nitrogens with one attached hydrogen (secondary N) is 1. The summed E-state index contributed by atoms with van der Waals surface area (Å²) in [7, 11) is 4.08. The molecule has 6 rings (SSSR count). The van der Waals surface area contributed by atoms with E-state index < -0.39 is 0 Å². The van der Waals surface area contributed by atoms with Crippen LogP contribution in [0.1, 0.15) is 37.2 Å². The van der Waals surface area contributed by atoms with E-state index in [0.29, 0.717) is 11.5 Å². The summed E-state index contributed by atoms with van der Waals surface area (Å²) in [6.45, 7) is 2.07. The van der Waals surface area contributed by atoms with E-state index in [4.69, 9.17) is 5.10 Å². The summed E-state index contributed by atoms with van der Waals surface area (Å²) in [4.78, 5) is 18.7.